The van der Waals surface area contributed by atoms with Gasteiger partial charge in [0.1, 0.15) is 0 Å². The smallest absolute Gasteiger partial charge is 0.259 e. The van der Waals surface area contributed by atoms with Crippen molar-refractivity contribution in [2.45, 2.75) is 0 Å². The molecule has 2 aliphatic heterocycles. The van der Waals surface area contributed by atoms with E-state index in [9.17, 15) is 19.8 Å². The third kappa shape index (κ3) is 1.82. The summed E-state index contributed by atoms with van der Waals surface area (Å²) >= 11 is 0. The van der Waals surface area contributed by atoms with Gasteiger partial charge in [-0.25, -0.2) is 0 Å². The third-order valence-electron chi connectivity index (χ3n) is 4.62. The summed E-state index contributed by atoms with van der Waals surface area (Å²) < 4.78 is 10.7. The fraction of sp³-hybridized carbons (Fsp3) is 0.0526. The zero-order valence-corrected chi connectivity index (χ0v) is 13.2. The minimum Gasteiger partial charge on any atom is -0.504 e. The summed E-state index contributed by atoms with van der Waals surface area (Å²) in [7, 11) is 0. The van der Waals surface area contributed by atoms with Crippen molar-refractivity contribution in [1.29, 1.82) is 0 Å². The zero-order chi connectivity index (χ0) is 18.0. The van der Waals surface area contributed by atoms with Crippen LogP contribution in [0.25, 0.3) is 21.9 Å². The molecular weight excluding hydrogens is 338 g/mol. The number of aromatic hydroxyl groups is 2. The van der Waals surface area contributed by atoms with Gasteiger partial charge in [-0.3, -0.25) is 14.9 Å². The molecule has 0 spiro atoms. The molecule has 0 aliphatic carbocycles. The van der Waals surface area contributed by atoms with Crippen LogP contribution in [0.3, 0.4) is 0 Å². The number of imide groups is 1. The Morgan fingerprint density at radius 2 is 1.69 bits per heavy atom. The van der Waals surface area contributed by atoms with Crippen LogP contribution in [-0.4, -0.2) is 28.8 Å². The quantitative estimate of drug-likeness (QED) is 0.461. The van der Waals surface area contributed by atoms with E-state index in [4.69, 9.17) is 9.47 Å². The largest absolute Gasteiger partial charge is 0.504 e. The van der Waals surface area contributed by atoms with Crippen molar-refractivity contribution in [3.63, 3.8) is 0 Å². The van der Waals surface area contributed by atoms with Crippen LogP contribution in [0, 0.1) is 0 Å². The lowest BCUT2D eigenvalue weighted by Crippen LogP contribution is -2.20. The van der Waals surface area contributed by atoms with Crippen LogP contribution in [0.1, 0.15) is 20.7 Å². The molecule has 128 valence electrons. The first-order valence-corrected chi connectivity index (χ1v) is 7.82. The normalized spacial score (nSPS) is 14.6. The van der Waals surface area contributed by atoms with Gasteiger partial charge < -0.3 is 19.7 Å². The highest BCUT2D eigenvalue weighted by Gasteiger charge is 2.33. The number of benzene rings is 3. The van der Waals surface area contributed by atoms with Gasteiger partial charge in [0.2, 0.25) is 6.79 Å². The van der Waals surface area contributed by atoms with E-state index < -0.39 is 11.8 Å². The first kappa shape index (κ1) is 14.6. The van der Waals surface area contributed by atoms with E-state index in [0.717, 1.165) is 0 Å². The van der Waals surface area contributed by atoms with E-state index in [1.165, 1.54) is 12.1 Å². The molecule has 7 heteroatoms. The van der Waals surface area contributed by atoms with Gasteiger partial charge in [0.25, 0.3) is 11.8 Å². The molecule has 26 heavy (non-hydrogen) atoms. The Balaban J connectivity index is 1.94. The number of carbonyl (C=O) groups is 2. The van der Waals surface area contributed by atoms with E-state index in [2.05, 4.69) is 5.32 Å². The Hall–Kier alpha value is -3.74. The van der Waals surface area contributed by atoms with Crippen LogP contribution >= 0.6 is 0 Å². The Labute approximate surface area is 146 Å². The zero-order valence-electron chi connectivity index (χ0n) is 13.2. The second-order valence-corrected chi connectivity index (χ2v) is 6.06. The molecule has 3 aromatic rings. The van der Waals surface area contributed by atoms with E-state index in [1.807, 2.05) is 0 Å². The molecular formula is C19H11NO6. The van der Waals surface area contributed by atoms with Crippen LogP contribution in [-0.2, 0) is 0 Å². The summed E-state index contributed by atoms with van der Waals surface area (Å²) in [5, 5.41) is 23.5. The molecule has 2 amide bonds. The lowest BCUT2D eigenvalue weighted by molar-refractivity contribution is 0.0880. The monoisotopic (exact) mass is 349 g/mol. The van der Waals surface area contributed by atoms with Gasteiger partial charge in [-0.2, -0.15) is 0 Å². The molecule has 5 rings (SSSR count). The summed E-state index contributed by atoms with van der Waals surface area (Å²) in [5.41, 5.74) is 1.29. The van der Waals surface area contributed by atoms with Crippen molar-refractivity contribution in [1.82, 2.24) is 5.32 Å². The number of ether oxygens (including phenoxy) is 2. The predicted molar refractivity (Wildman–Crippen MR) is 90.6 cm³/mol. The first-order chi connectivity index (χ1) is 12.5. The third-order valence-corrected chi connectivity index (χ3v) is 4.62. The van der Waals surface area contributed by atoms with Gasteiger partial charge in [0, 0.05) is 10.9 Å². The van der Waals surface area contributed by atoms with Crippen molar-refractivity contribution in [2.75, 3.05) is 6.79 Å². The number of nitrogens with one attached hydrogen (secondary N) is 1. The molecule has 0 saturated heterocycles. The predicted octanol–water partition coefficient (Wildman–Crippen LogP) is 2.53. The minimum absolute atomic E-state index is 0.0947. The van der Waals surface area contributed by atoms with Crippen LogP contribution in [0.5, 0.6) is 23.0 Å². The molecule has 3 N–H and O–H groups in total. The highest BCUT2D eigenvalue weighted by molar-refractivity contribution is 6.28. The van der Waals surface area contributed by atoms with E-state index in [0.29, 0.717) is 28.0 Å². The summed E-state index contributed by atoms with van der Waals surface area (Å²) in [6.07, 6.45) is 0. The number of carbonyl (C=O) groups excluding carboxylic acids is 2. The minimum atomic E-state index is -0.553. The standard InChI is InChI=1S/C19H11NO6/c21-11-3-1-8-5-10-16(19(24)20-18(10)23)14(15(8)17(11)22)9-2-4-12-13(6-9)26-7-25-12/h1-6,21-22H,7H2,(H,20,23,24). The van der Waals surface area contributed by atoms with E-state index in [-0.39, 0.29) is 34.8 Å². The highest BCUT2D eigenvalue weighted by atomic mass is 16.7. The SMILES string of the molecule is O=C1NC(=O)c2c1cc1ccc(O)c(O)c1c2-c1ccc2c(c1)OCO2. The molecule has 0 bridgehead atoms. The molecule has 0 atom stereocenters. The number of hydrogen-bond acceptors (Lipinski definition) is 6. The van der Waals surface area contributed by atoms with Gasteiger partial charge in [-0.1, -0.05) is 12.1 Å². The maximum Gasteiger partial charge on any atom is 0.259 e. The van der Waals surface area contributed by atoms with Crippen molar-refractivity contribution >= 4 is 22.6 Å². The average molecular weight is 349 g/mol. The average Bonchev–Trinajstić information content (AvgIpc) is 3.21. The van der Waals surface area contributed by atoms with Crippen LogP contribution in [0.4, 0.5) is 0 Å². The van der Waals surface area contributed by atoms with Crippen LogP contribution in [0.2, 0.25) is 0 Å². The highest BCUT2D eigenvalue weighted by Crippen LogP contribution is 2.46. The van der Waals surface area contributed by atoms with Crippen molar-refractivity contribution in [2.24, 2.45) is 0 Å². The summed E-state index contributed by atoms with van der Waals surface area (Å²) in [5.74, 6) is -0.658. The number of fused-ring (bicyclic) bond motifs is 3. The van der Waals surface area contributed by atoms with Crippen LogP contribution in [0.15, 0.2) is 36.4 Å². The second kappa shape index (κ2) is 4.89. The molecule has 0 saturated carbocycles. The molecule has 0 aromatic heterocycles. The van der Waals surface area contributed by atoms with Gasteiger partial charge >= 0.3 is 0 Å². The van der Waals surface area contributed by atoms with E-state index in [1.54, 1.807) is 24.3 Å². The number of hydrogen-bond donors (Lipinski definition) is 3. The van der Waals surface area contributed by atoms with Crippen LogP contribution < -0.4 is 14.8 Å². The van der Waals surface area contributed by atoms with Gasteiger partial charge in [0.05, 0.1) is 11.1 Å². The first-order valence-electron chi connectivity index (χ1n) is 7.82. The summed E-state index contributed by atoms with van der Waals surface area (Å²) in [4.78, 5) is 24.6. The molecule has 7 nitrogen and oxygen atoms in total. The summed E-state index contributed by atoms with van der Waals surface area (Å²) in [6, 6.07) is 9.52. The fourth-order valence-corrected chi connectivity index (χ4v) is 3.45. The fourth-order valence-electron chi connectivity index (χ4n) is 3.45. The van der Waals surface area contributed by atoms with Crippen molar-refractivity contribution in [3.8, 4) is 34.1 Å². The number of phenols is 2. The maximum absolute atomic E-state index is 12.4. The maximum atomic E-state index is 12.4. The number of phenolic OH excluding ortho intramolecular Hbond substituents is 2. The molecule has 2 heterocycles. The Kier molecular flexibility index (Phi) is 2.74. The second-order valence-electron chi connectivity index (χ2n) is 6.06. The number of rotatable bonds is 1. The Morgan fingerprint density at radius 3 is 2.54 bits per heavy atom. The Bertz CT molecular complexity index is 1150. The molecule has 2 aliphatic rings. The van der Waals surface area contributed by atoms with Crippen molar-refractivity contribution in [3.05, 3.63) is 47.5 Å². The molecule has 0 unspecified atom stereocenters. The van der Waals surface area contributed by atoms with Crippen molar-refractivity contribution < 1.29 is 29.3 Å². The lowest BCUT2D eigenvalue weighted by Gasteiger charge is -2.14. The Morgan fingerprint density at radius 1 is 0.885 bits per heavy atom. The van der Waals surface area contributed by atoms with Gasteiger partial charge in [-0.05, 0) is 35.2 Å². The van der Waals surface area contributed by atoms with Gasteiger partial charge in [-0.15, -0.1) is 0 Å². The van der Waals surface area contributed by atoms with E-state index >= 15 is 0 Å². The summed E-state index contributed by atoms with van der Waals surface area (Å²) in [6.45, 7) is 0.0947. The topological polar surface area (TPSA) is 105 Å². The lowest BCUT2D eigenvalue weighted by atomic mass is 9.89. The molecule has 3 aromatic carbocycles. The molecule has 0 radical (unpaired) electrons. The molecule has 0 fully saturated rings. The van der Waals surface area contributed by atoms with Gasteiger partial charge in [0.15, 0.2) is 23.0 Å². The number of amides is 2.